The molecule has 6 N–H and O–H groups in total. The van der Waals surface area contributed by atoms with E-state index in [4.69, 9.17) is 17.3 Å². The molecule has 0 aliphatic carbocycles. The van der Waals surface area contributed by atoms with Gasteiger partial charge in [-0.05, 0) is 43.5 Å². The quantitative estimate of drug-likeness (QED) is 0.317. The van der Waals surface area contributed by atoms with Crippen LogP contribution in [0.1, 0.15) is 35.7 Å². The number of nitrogens with one attached hydrogen (secondary N) is 3. The van der Waals surface area contributed by atoms with Gasteiger partial charge in [0, 0.05) is 23.7 Å². The summed E-state index contributed by atoms with van der Waals surface area (Å²) in [6, 6.07) is 12.3. The average Bonchev–Trinajstić information content (AvgIpc) is 2.77. The molecule has 33 heavy (non-hydrogen) atoms. The number of hydrogen-bond acceptors (Lipinski definition) is 5. The second kappa shape index (κ2) is 12.4. The number of carbonyl (C=O) groups is 4. The summed E-state index contributed by atoms with van der Waals surface area (Å²) in [6.07, 6.45) is 0.393. The van der Waals surface area contributed by atoms with Crippen LogP contribution in [-0.2, 0) is 20.8 Å². The monoisotopic (exact) mass is 474 g/mol. The zero-order valence-electron chi connectivity index (χ0n) is 18.1. The smallest absolute Gasteiger partial charge is 0.326 e. The summed E-state index contributed by atoms with van der Waals surface area (Å²) in [5.74, 6) is -3.24. The minimum absolute atomic E-state index is 0.152. The fourth-order valence-corrected chi connectivity index (χ4v) is 3.20. The SMILES string of the molecule is C[C@H](NC(=O)c1cc(Cl)ccc1NCCc1ccccc1)C(=O)N[C@H](CCC(N)=O)C(=O)O. The summed E-state index contributed by atoms with van der Waals surface area (Å²) in [4.78, 5) is 47.5. The Labute approximate surface area is 196 Å². The highest BCUT2D eigenvalue weighted by Crippen LogP contribution is 2.21. The van der Waals surface area contributed by atoms with Crippen molar-refractivity contribution in [3.05, 3.63) is 64.7 Å². The first-order valence-electron chi connectivity index (χ1n) is 10.4. The third kappa shape index (κ3) is 8.46. The summed E-state index contributed by atoms with van der Waals surface area (Å²) in [5.41, 5.74) is 6.97. The van der Waals surface area contributed by atoms with Gasteiger partial charge in [-0.15, -0.1) is 0 Å². The van der Waals surface area contributed by atoms with Gasteiger partial charge in [-0.25, -0.2) is 4.79 Å². The molecule has 0 aliphatic rings. The third-order valence-electron chi connectivity index (χ3n) is 4.83. The number of amides is 3. The van der Waals surface area contributed by atoms with Crippen molar-refractivity contribution in [3.8, 4) is 0 Å². The Morgan fingerprint density at radius 2 is 1.76 bits per heavy atom. The molecule has 0 spiro atoms. The lowest BCUT2D eigenvalue weighted by Crippen LogP contribution is -2.50. The van der Waals surface area contributed by atoms with E-state index in [1.807, 2.05) is 30.3 Å². The molecule has 2 aromatic carbocycles. The lowest BCUT2D eigenvalue weighted by Gasteiger charge is -2.19. The van der Waals surface area contributed by atoms with Crippen LogP contribution in [0.15, 0.2) is 48.5 Å². The maximum Gasteiger partial charge on any atom is 0.326 e. The maximum atomic E-state index is 12.8. The molecule has 0 bridgehead atoms. The topological polar surface area (TPSA) is 151 Å². The van der Waals surface area contributed by atoms with Crippen LogP contribution in [-0.4, -0.2) is 47.4 Å². The molecule has 0 unspecified atom stereocenters. The fourth-order valence-electron chi connectivity index (χ4n) is 3.03. The minimum Gasteiger partial charge on any atom is -0.480 e. The molecule has 0 saturated carbocycles. The lowest BCUT2D eigenvalue weighted by atomic mass is 10.1. The van der Waals surface area contributed by atoms with E-state index >= 15 is 0 Å². The Balaban J connectivity index is 2.01. The molecule has 9 nitrogen and oxygen atoms in total. The molecule has 0 aliphatic heterocycles. The van der Waals surface area contributed by atoms with Crippen molar-refractivity contribution in [3.63, 3.8) is 0 Å². The van der Waals surface area contributed by atoms with E-state index in [9.17, 15) is 24.3 Å². The first-order chi connectivity index (χ1) is 15.7. The molecule has 0 aromatic heterocycles. The number of halogens is 1. The number of carbonyl (C=O) groups excluding carboxylic acids is 3. The Bertz CT molecular complexity index is 1000. The van der Waals surface area contributed by atoms with Crippen molar-refractivity contribution in [1.29, 1.82) is 0 Å². The van der Waals surface area contributed by atoms with Crippen molar-refractivity contribution < 1.29 is 24.3 Å². The first-order valence-corrected chi connectivity index (χ1v) is 10.7. The van der Waals surface area contributed by atoms with Crippen molar-refractivity contribution in [2.45, 2.75) is 38.3 Å². The van der Waals surface area contributed by atoms with Crippen molar-refractivity contribution >= 4 is 41.0 Å². The highest BCUT2D eigenvalue weighted by molar-refractivity contribution is 6.31. The lowest BCUT2D eigenvalue weighted by molar-refractivity contribution is -0.142. The molecule has 0 saturated heterocycles. The predicted molar refractivity (Wildman–Crippen MR) is 125 cm³/mol. The third-order valence-corrected chi connectivity index (χ3v) is 5.07. The van der Waals surface area contributed by atoms with E-state index in [-0.39, 0.29) is 18.4 Å². The summed E-state index contributed by atoms with van der Waals surface area (Å²) in [7, 11) is 0. The van der Waals surface area contributed by atoms with Crippen LogP contribution in [0.2, 0.25) is 5.02 Å². The Kier molecular flexibility index (Phi) is 9.68. The normalized spacial score (nSPS) is 12.3. The Hall–Kier alpha value is -3.59. The van der Waals surface area contributed by atoms with E-state index in [0.717, 1.165) is 12.0 Å². The van der Waals surface area contributed by atoms with Gasteiger partial charge in [0.2, 0.25) is 11.8 Å². The molecular weight excluding hydrogens is 448 g/mol. The fraction of sp³-hybridized carbons (Fsp3) is 0.304. The summed E-state index contributed by atoms with van der Waals surface area (Å²) in [5, 5.41) is 17.6. The average molecular weight is 475 g/mol. The van der Waals surface area contributed by atoms with E-state index < -0.39 is 35.8 Å². The molecule has 2 aromatic rings. The van der Waals surface area contributed by atoms with Crippen LogP contribution in [0.3, 0.4) is 0 Å². The molecule has 0 radical (unpaired) electrons. The number of primary amides is 1. The van der Waals surface area contributed by atoms with Gasteiger partial charge in [-0.1, -0.05) is 41.9 Å². The van der Waals surface area contributed by atoms with Crippen LogP contribution < -0.4 is 21.7 Å². The molecule has 0 heterocycles. The number of anilines is 1. The Morgan fingerprint density at radius 3 is 2.39 bits per heavy atom. The molecule has 10 heteroatoms. The highest BCUT2D eigenvalue weighted by atomic mass is 35.5. The standard InChI is InChI=1S/C23H27ClN4O5/c1-14(21(30)28-19(23(32)33)9-10-20(25)29)27-22(31)17-13-16(24)7-8-18(17)26-12-11-15-5-3-2-4-6-15/h2-8,13-14,19,26H,9-12H2,1H3,(H2,25,29)(H,27,31)(H,28,30)(H,32,33)/t14-,19+/m0/s1. The number of nitrogens with two attached hydrogens (primary N) is 1. The van der Waals surface area contributed by atoms with Crippen LogP contribution >= 0.6 is 11.6 Å². The number of benzene rings is 2. The summed E-state index contributed by atoms with van der Waals surface area (Å²) in [6.45, 7) is 2.00. The van der Waals surface area contributed by atoms with Gasteiger partial charge in [-0.2, -0.15) is 0 Å². The predicted octanol–water partition coefficient (Wildman–Crippen LogP) is 1.95. The van der Waals surface area contributed by atoms with Crippen LogP contribution in [0.4, 0.5) is 5.69 Å². The Morgan fingerprint density at radius 1 is 1.06 bits per heavy atom. The number of carboxylic acid groups (broad SMARTS) is 1. The van der Waals surface area contributed by atoms with E-state index in [0.29, 0.717) is 17.3 Å². The van der Waals surface area contributed by atoms with Crippen LogP contribution in [0, 0.1) is 0 Å². The number of hydrogen-bond donors (Lipinski definition) is 5. The van der Waals surface area contributed by atoms with Crippen LogP contribution in [0.5, 0.6) is 0 Å². The molecule has 176 valence electrons. The zero-order chi connectivity index (χ0) is 24.4. The number of rotatable bonds is 12. The second-order valence-corrected chi connectivity index (χ2v) is 7.89. The largest absolute Gasteiger partial charge is 0.480 e. The van der Waals surface area contributed by atoms with Gasteiger partial charge in [0.15, 0.2) is 0 Å². The second-order valence-electron chi connectivity index (χ2n) is 7.45. The number of aliphatic carboxylic acids is 1. The van der Waals surface area contributed by atoms with Crippen molar-refractivity contribution in [2.75, 3.05) is 11.9 Å². The summed E-state index contributed by atoms with van der Waals surface area (Å²) >= 11 is 6.06. The molecule has 0 fully saturated rings. The van der Waals surface area contributed by atoms with Crippen LogP contribution in [0.25, 0.3) is 0 Å². The van der Waals surface area contributed by atoms with Gasteiger partial charge in [-0.3, -0.25) is 14.4 Å². The van der Waals surface area contributed by atoms with E-state index in [1.165, 1.54) is 13.0 Å². The zero-order valence-corrected chi connectivity index (χ0v) is 18.9. The van der Waals surface area contributed by atoms with Gasteiger partial charge in [0.25, 0.3) is 5.91 Å². The van der Waals surface area contributed by atoms with Crippen molar-refractivity contribution in [1.82, 2.24) is 10.6 Å². The van der Waals surface area contributed by atoms with E-state index in [2.05, 4.69) is 16.0 Å². The van der Waals surface area contributed by atoms with Gasteiger partial charge in [0.05, 0.1) is 5.56 Å². The first kappa shape index (κ1) is 25.7. The highest BCUT2D eigenvalue weighted by Gasteiger charge is 2.25. The molecule has 2 rings (SSSR count). The maximum absolute atomic E-state index is 12.8. The summed E-state index contributed by atoms with van der Waals surface area (Å²) < 4.78 is 0. The van der Waals surface area contributed by atoms with Gasteiger partial charge >= 0.3 is 5.97 Å². The number of carboxylic acids is 1. The minimum atomic E-state index is -1.30. The van der Waals surface area contributed by atoms with Gasteiger partial charge < -0.3 is 26.8 Å². The van der Waals surface area contributed by atoms with Gasteiger partial charge in [0.1, 0.15) is 12.1 Å². The molecular formula is C23H27ClN4O5. The van der Waals surface area contributed by atoms with E-state index in [1.54, 1.807) is 12.1 Å². The molecule has 2 atom stereocenters. The van der Waals surface area contributed by atoms with Crippen molar-refractivity contribution in [2.24, 2.45) is 5.73 Å². The molecule has 3 amide bonds.